The van der Waals surface area contributed by atoms with Crippen LogP contribution in [0.1, 0.15) is 44.3 Å². The first-order valence-electron chi connectivity index (χ1n) is 10.8. The molecule has 0 spiro atoms. The number of halogens is 1. The van der Waals surface area contributed by atoms with Gasteiger partial charge in [0, 0.05) is 69.1 Å². The maximum Gasteiger partial charge on any atom is 0.225 e. The molecule has 0 unspecified atom stereocenters. The van der Waals surface area contributed by atoms with Crippen molar-refractivity contribution in [2.24, 2.45) is 5.10 Å². The molecule has 7 nitrogen and oxygen atoms in total. The molecule has 2 aliphatic heterocycles. The Morgan fingerprint density at radius 2 is 2.00 bits per heavy atom. The fourth-order valence-corrected chi connectivity index (χ4v) is 4.34. The highest BCUT2D eigenvalue weighted by Crippen LogP contribution is 2.37. The SMILES string of the molecule is CC1=NN(CCC(=O)N2CCC[C@@H]2c2nc(N(C)C)ncc2-c2ccc(Cl)cc2)CC1. The lowest BCUT2D eigenvalue weighted by Crippen LogP contribution is -2.33. The largest absolute Gasteiger partial charge is 0.347 e. The summed E-state index contributed by atoms with van der Waals surface area (Å²) >= 11 is 6.09. The van der Waals surface area contributed by atoms with Crippen molar-refractivity contribution in [2.45, 2.75) is 38.6 Å². The van der Waals surface area contributed by atoms with Gasteiger partial charge in [-0.15, -0.1) is 0 Å². The summed E-state index contributed by atoms with van der Waals surface area (Å²) in [6, 6.07) is 7.65. The standard InChI is InChI=1S/C23H29ClN6O/c1-16-10-13-29(27-16)14-11-21(31)30-12-4-5-20(30)22-19(15-25-23(26-22)28(2)3)17-6-8-18(24)9-7-17/h6-9,15,20H,4-5,10-14H2,1-3H3/t20-/m1/s1. The molecule has 1 aromatic heterocycles. The van der Waals surface area contributed by atoms with Crippen LogP contribution in [-0.2, 0) is 4.79 Å². The van der Waals surface area contributed by atoms with Crippen molar-refractivity contribution in [1.29, 1.82) is 0 Å². The predicted molar refractivity (Wildman–Crippen MR) is 124 cm³/mol. The summed E-state index contributed by atoms with van der Waals surface area (Å²) in [5.41, 5.74) is 4.00. The van der Waals surface area contributed by atoms with E-state index in [1.54, 1.807) is 0 Å². The summed E-state index contributed by atoms with van der Waals surface area (Å²) in [5.74, 6) is 0.809. The highest BCUT2D eigenvalue weighted by Gasteiger charge is 2.33. The van der Waals surface area contributed by atoms with Crippen LogP contribution in [0.15, 0.2) is 35.6 Å². The van der Waals surface area contributed by atoms with Crippen molar-refractivity contribution >= 4 is 29.2 Å². The molecule has 3 heterocycles. The molecule has 8 heteroatoms. The smallest absolute Gasteiger partial charge is 0.225 e. The maximum absolute atomic E-state index is 13.2. The Morgan fingerprint density at radius 3 is 2.68 bits per heavy atom. The predicted octanol–water partition coefficient (Wildman–Crippen LogP) is 4.00. The molecule has 0 N–H and O–H groups in total. The van der Waals surface area contributed by atoms with E-state index in [9.17, 15) is 4.79 Å². The minimum Gasteiger partial charge on any atom is -0.347 e. The first-order chi connectivity index (χ1) is 14.9. The van der Waals surface area contributed by atoms with Gasteiger partial charge in [-0.25, -0.2) is 9.97 Å². The van der Waals surface area contributed by atoms with Crippen LogP contribution >= 0.6 is 11.6 Å². The van der Waals surface area contributed by atoms with Crippen LogP contribution < -0.4 is 4.90 Å². The number of aromatic nitrogens is 2. The van der Waals surface area contributed by atoms with E-state index in [1.807, 2.05) is 66.3 Å². The van der Waals surface area contributed by atoms with Gasteiger partial charge in [-0.2, -0.15) is 5.10 Å². The Labute approximate surface area is 188 Å². The number of likely N-dealkylation sites (tertiary alicyclic amines) is 1. The number of carbonyl (C=O) groups is 1. The number of benzene rings is 1. The normalized spacial score (nSPS) is 18.5. The molecule has 1 amide bonds. The van der Waals surface area contributed by atoms with Gasteiger partial charge in [-0.1, -0.05) is 23.7 Å². The van der Waals surface area contributed by atoms with Crippen LogP contribution in [0.2, 0.25) is 5.02 Å². The van der Waals surface area contributed by atoms with Gasteiger partial charge in [0.15, 0.2) is 0 Å². The van der Waals surface area contributed by atoms with Crippen LogP contribution in [-0.4, -0.2) is 65.2 Å². The van der Waals surface area contributed by atoms with Crippen molar-refractivity contribution in [3.8, 4) is 11.1 Å². The number of anilines is 1. The van der Waals surface area contributed by atoms with Gasteiger partial charge in [0.25, 0.3) is 0 Å². The summed E-state index contributed by atoms with van der Waals surface area (Å²) in [4.78, 5) is 26.5. The lowest BCUT2D eigenvalue weighted by molar-refractivity contribution is -0.132. The molecule has 0 aliphatic carbocycles. The van der Waals surface area contributed by atoms with Crippen LogP contribution in [0.5, 0.6) is 0 Å². The molecule has 1 aromatic carbocycles. The molecule has 0 saturated carbocycles. The first-order valence-corrected chi connectivity index (χ1v) is 11.2. The van der Waals surface area contributed by atoms with Gasteiger partial charge in [-0.05, 0) is 37.5 Å². The second-order valence-electron chi connectivity index (χ2n) is 8.40. The van der Waals surface area contributed by atoms with Gasteiger partial charge in [-0.3, -0.25) is 9.80 Å². The topological polar surface area (TPSA) is 64.9 Å². The van der Waals surface area contributed by atoms with Gasteiger partial charge >= 0.3 is 0 Å². The molecule has 31 heavy (non-hydrogen) atoms. The summed E-state index contributed by atoms with van der Waals surface area (Å²) in [5, 5.41) is 7.19. The van der Waals surface area contributed by atoms with Gasteiger partial charge in [0.1, 0.15) is 0 Å². The van der Waals surface area contributed by atoms with Crippen molar-refractivity contribution < 1.29 is 4.79 Å². The number of nitrogens with zero attached hydrogens (tertiary/aromatic N) is 6. The Kier molecular flexibility index (Phi) is 6.41. The molecule has 2 aliphatic rings. The Morgan fingerprint density at radius 1 is 1.23 bits per heavy atom. The Balaban J connectivity index is 1.60. The maximum atomic E-state index is 13.2. The van der Waals surface area contributed by atoms with Crippen LogP contribution in [0.3, 0.4) is 0 Å². The van der Waals surface area contributed by atoms with E-state index in [4.69, 9.17) is 16.6 Å². The molecule has 164 valence electrons. The average molecular weight is 441 g/mol. The lowest BCUT2D eigenvalue weighted by Gasteiger charge is -2.27. The summed E-state index contributed by atoms with van der Waals surface area (Å²) in [7, 11) is 3.86. The zero-order chi connectivity index (χ0) is 22.0. The van der Waals surface area contributed by atoms with E-state index in [2.05, 4.69) is 10.1 Å². The zero-order valence-electron chi connectivity index (χ0n) is 18.4. The second kappa shape index (κ2) is 9.22. The van der Waals surface area contributed by atoms with Crippen molar-refractivity contribution in [3.05, 3.63) is 41.2 Å². The molecule has 0 bridgehead atoms. The van der Waals surface area contributed by atoms with E-state index < -0.39 is 0 Å². The first kappa shape index (κ1) is 21.6. The quantitative estimate of drug-likeness (QED) is 0.679. The molecule has 2 aromatic rings. The van der Waals surface area contributed by atoms with Crippen molar-refractivity contribution in [2.75, 3.05) is 38.6 Å². The number of carbonyl (C=O) groups excluding carboxylic acids is 1. The molecule has 1 saturated heterocycles. The van der Waals surface area contributed by atoms with Crippen molar-refractivity contribution in [3.63, 3.8) is 0 Å². The Bertz CT molecular complexity index is 975. The highest BCUT2D eigenvalue weighted by molar-refractivity contribution is 6.30. The highest BCUT2D eigenvalue weighted by atomic mass is 35.5. The van der Waals surface area contributed by atoms with Gasteiger partial charge in [0.05, 0.1) is 11.7 Å². The van der Waals surface area contributed by atoms with E-state index in [0.717, 1.165) is 54.9 Å². The van der Waals surface area contributed by atoms with Crippen LogP contribution in [0.4, 0.5) is 5.95 Å². The van der Waals surface area contributed by atoms with Gasteiger partial charge < -0.3 is 9.80 Å². The third kappa shape index (κ3) is 4.82. The molecule has 0 radical (unpaired) electrons. The number of hydrazone groups is 1. The monoisotopic (exact) mass is 440 g/mol. The number of amides is 1. The van der Waals surface area contributed by atoms with Crippen molar-refractivity contribution in [1.82, 2.24) is 19.9 Å². The van der Waals surface area contributed by atoms with Crippen LogP contribution in [0.25, 0.3) is 11.1 Å². The van der Waals surface area contributed by atoms with E-state index in [0.29, 0.717) is 23.9 Å². The summed E-state index contributed by atoms with van der Waals surface area (Å²) in [6.07, 6.45) is 5.19. The number of hydrogen-bond donors (Lipinski definition) is 0. The molecule has 1 fully saturated rings. The minimum absolute atomic E-state index is 0.0521. The molecule has 4 rings (SSSR count). The van der Waals surface area contributed by atoms with Crippen LogP contribution in [0, 0.1) is 0 Å². The number of rotatable bonds is 6. The van der Waals surface area contributed by atoms with E-state index in [1.165, 1.54) is 0 Å². The average Bonchev–Trinajstić information content (AvgIpc) is 3.41. The second-order valence-corrected chi connectivity index (χ2v) is 8.84. The third-order valence-electron chi connectivity index (χ3n) is 5.88. The minimum atomic E-state index is -0.0521. The summed E-state index contributed by atoms with van der Waals surface area (Å²) < 4.78 is 0. The lowest BCUT2D eigenvalue weighted by atomic mass is 9.99. The molecular formula is C23H29ClN6O. The molecular weight excluding hydrogens is 412 g/mol. The number of hydrogen-bond acceptors (Lipinski definition) is 6. The van der Waals surface area contributed by atoms with Gasteiger partial charge in [0.2, 0.25) is 11.9 Å². The third-order valence-corrected chi connectivity index (χ3v) is 6.13. The molecule has 1 atom stereocenters. The Hall–Kier alpha value is -2.67. The van der Waals surface area contributed by atoms with E-state index >= 15 is 0 Å². The van der Waals surface area contributed by atoms with E-state index in [-0.39, 0.29) is 11.9 Å². The fourth-order valence-electron chi connectivity index (χ4n) is 4.22. The fraction of sp³-hybridized carbons (Fsp3) is 0.478. The zero-order valence-corrected chi connectivity index (χ0v) is 19.1. The summed E-state index contributed by atoms with van der Waals surface area (Å²) in [6.45, 7) is 4.36.